The molecule has 0 aromatic heterocycles. The Hall–Kier alpha value is -1.30. The summed E-state index contributed by atoms with van der Waals surface area (Å²) in [5, 5.41) is 6.94. The molecule has 1 unspecified atom stereocenters. The molecule has 3 rings (SSSR count). The highest BCUT2D eigenvalue weighted by Gasteiger charge is 2.32. The Balaban J connectivity index is 1.36. The summed E-state index contributed by atoms with van der Waals surface area (Å²) in [7, 11) is 1.83. The normalized spacial score (nSPS) is 26.2. The van der Waals surface area contributed by atoms with Gasteiger partial charge in [0.15, 0.2) is 5.96 Å². The van der Waals surface area contributed by atoms with E-state index in [4.69, 9.17) is 0 Å². The maximum absolute atomic E-state index is 12.5. The van der Waals surface area contributed by atoms with Gasteiger partial charge in [0.1, 0.15) is 0 Å². The second kappa shape index (κ2) is 9.41. The van der Waals surface area contributed by atoms with E-state index in [9.17, 15) is 4.79 Å². The highest BCUT2D eigenvalue weighted by Crippen LogP contribution is 2.27. The second-order valence-electron chi connectivity index (χ2n) is 7.80. The number of likely N-dealkylation sites (tertiary alicyclic amines) is 2. The van der Waals surface area contributed by atoms with Crippen molar-refractivity contribution < 1.29 is 4.79 Å². The summed E-state index contributed by atoms with van der Waals surface area (Å²) >= 11 is 0. The first-order valence-electron chi connectivity index (χ1n) is 10.2. The molecule has 1 atom stereocenters. The van der Waals surface area contributed by atoms with Crippen molar-refractivity contribution in [2.75, 3.05) is 46.3 Å². The third-order valence-electron chi connectivity index (χ3n) is 5.94. The molecule has 25 heavy (non-hydrogen) atoms. The summed E-state index contributed by atoms with van der Waals surface area (Å²) in [6.45, 7) is 6.18. The summed E-state index contributed by atoms with van der Waals surface area (Å²) in [6, 6.07) is 0.325. The average Bonchev–Trinajstić information content (AvgIpc) is 3.33. The molecule has 0 aromatic carbocycles. The van der Waals surface area contributed by atoms with Crippen molar-refractivity contribution in [3.63, 3.8) is 0 Å². The Bertz CT molecular complexity index is 455. The molecule has 6 nitrogen and oxygen atoms in total. The predicted molar refractivity (Wildman–Crippen MR) is 102 cm³/mol. The van der Waals surface area contributed by atoms with Gasteiger partial charge in [-0.05, 0) is 45.2 Å². The van der Waals surface area contributed by atoms with Crippen LogP contribution in [0.2, 0.25) is 0 Å². The number of piperidine rings is 1. The summed E-state index contributed by atoms with van der Waals surface area (Å²) in [5.74, 6) is 1.55. The smallest absolute Gasteiger partial charge is 0.225 e. The number of guanidine groups is 1. The van der Waals surface area contributed by atoms with Crippen LogP contribution < -0.4 is 10.6 Å². The molecular weight excluding hydrogens is 314 g/mol. The number of aliphatic imine (C=N–C) groups is 1. The Labute approximate surface area is 152 Å². The summed E-state index contributed by atoms with van der Waals surface area (Å²) < 4.78 is 0. The largest absolute Gasteiger partial charge is 0.355 e. The predicted octanol–water partition coefficient (Wildman–Crippen LogP) is 1.43. The van der Waals surface area contributed by atoms with E-state index in [1.165, 1.54) is 45.2 Å². The maximum atomic E-state index is 12.5. The van der Waals surface area contributed by atoms with Crippen LogP contribution in [0.25, 0.3) is 0 Å². The zero-order valence-corrected chi connectivity index (χ0v) is 15.8. The first kappa shape index (κ1) is 18.5. The van der Waals surface area contributed by atoms with Gasteiger partial charge in [-0.3, -0.25) is 9.79 Å². The van der Waals surface area contributed by atoms with Crippen molar-refractivity contribution in [1.82, 2.24) is 20.4 Å². The van der Waals surface area contributed by atoms with Crippen LogP contribution in [0, 0.1) is 5.92 Å². The zero-order chi connectivity index (χ0) is 17.5. The van der Waals surface area contributed by atoms with Crippen LogP contribution in [0.15, 0.2) is 4.99 Å². The average molecular weight is 350 g/mol. The standard InChI is InChI=1S/C19H35N5O/c1-20-19(21-10-14-23-11-5-2-6-12-23)22-17-9-13-24(15-17)18(25)16-7-3-4-8-16/h16-17H,2-15H2,1H3,(H2,20,21,22). The molecule has 2 saturated heterocycles. The van der Waals surface area contributed by atoms with Gasteiger partial charge in [-0.1, -0.05) is 19.3 Å². The molecule has 2 aliphatic heterocycles. The molecule has 2 N–H and O–H groups in total. The van der Waals surface area contributed by atoms with Crippen LogP contribution in [0.5, 0.6) is 0 Å². The molecule has 0 radical (unpaired) electrons. The molecule has 0 bridgehead atoms. The van der Waals surface area contributed by atoms with Gasteiger partial charge in [-0.25, -0.2) is 0 Å². The van der Waals surface area contributed by atoms with Gasteiger partial charge in [0, 0.05) is 45.2 Å². The first-order chi connectivity index (χ1) is 12.3. The molecule has 1 aliphatic carbocycles. The number of hydrogen-bond donors (Lipinski definition) is 2. The van der Waals surface area contributed by atoms with Crippen LogP contribution in [-0.2, 0) is 4.79 Å². The van der Waals surface area contributed by atoms with Crippen molar-refractivity contribution in [3.05, 3.63) is 0 Å². The van der Waals surface area contributed by atoms with E-state index in [0.717, 1.165) is 51.4 Å². The van der Waals surface area contributed by atoms with Crippen LogP contribution in [-0.4, -0.2) is 74.0 Å². The van der Waals surface area contributed by atoms with Gasteiger partial charge >= 0.3 is 0 Å². The van der Waals surface area contributed by atoms with Gasteiger partial charge in [-0.2, -0.15) is 0 Å². The number of carbonyl (C=O) groups excluding carboxylic acids is 1. The number of rotatable bonds is 5. The molecule has 2 heterocycles. The van der Waals surface area contributed by atoms with E-state index in [-0.39, 0.29) is 0 Å². The maximum Gasteiger partial charge on any atom is 0.225 e. The fourth-order valence-corrected chi connectivity index (χ4v) is 4.41. The van der Waals surface area contributed by atoms with E-state index in [1.807, 2.05) is 7.05 Å². The first-order valence-corrected chi connectivity index (χ1v) is 10.2. The van der Waals surface area contributed by atoms with Crippen LogP contribution in [0.4, 0.5) is 0 Å². The van der Waals surface area contributed by atoms with E-state index in [0.29, 0.717) is 17.9 Å². The van der Waals surface area contributed by atoms with Crippen molar-refractivity contribution >= 4 is 11.9 Å². The summed E-state index contributed by atoms with van der Waals surface area (Å²) in [6.07, 6.45) is 9.69. The molecule has 3 fully saturated rings. The number of nitrogens with zero attached hydrogens (tertiary/aromatic N) is 3. The van der Waals surface area contributed by atoms with Gasteiger partial charge in [0.25, 0.3) is 0 Å². The molecular formula is C19H35N5O. The molecule has 0 spiro atoms. The van der Waals surface area contributed by atoms with Crippen molar-refractivity contribution in [1.29, 1.82) is 0 Å². The summed E-state index contributed by atoms with van der Waals surface area (Å²) in [4.78, 5) is 21.5. The lowest BCUT2D eigenvalue weighted by atomic mass is 10.1. The Morgan fingerprint density at radius 2 is 1.80 bits per heavy atom. The van der Waals surface area contributed by atoms with Crippen LogP contribution in [0.1, 0.15) is 51.4 Å². The SMILES string of the molecule is CN=C(NCCN1CCCCC1)NC1CCN(C(=O)C2CCCC2)C1. The van der Waals surface area contributed by atoms with Crippen molar-refractivity contribution in [2.24, 2.45) is 10.9 Å². The van der Waals surface area contributed by atoms with Crippen molar-refractivity contribution in [3.8, 4) is 0 Å². The third-order valence-corrected chi connectivity index (χ3v) is 5.94. The van der Waals surface area contributed by atoms with E-state index in [1.54, 1.807) is 0 Å². The van der Waals surface area contributed by atoms with E-state index >= 15 is 0 Å². The molecule has 142 valence electrons. The lowest BCUT2D eigenvalue weighted by molar-refractivity contribution is -0.134. The molecule has 1 amide bonds. The number of amides is 1. The molecule has 0 aromatic rings. The van der Waals surface area contributed by atoms with Gasteiger partial charge in [0.2, 0.25) is 5.91 Å². The van der Waals surface area contributed by atoms with Gasteiger partial charge < -0.3 is 20.4 Å². The number of carbonyl (C=O) groups is 1. The lowest BCUT2D eigenvalue weighted by Gasteiger charge is -2.27. The Kier molecular flexibility index (Phi) is 6.96. The minimum absolute atomic E-state index is 0.292. The highest BCUT2D eigenvalue weighted by atomic mass is 16.2. The molecule has 3 aliphatic rings. The number of nitrogens with one attached hydrogen (secondary N) is 2. The van der Waals surface area contributed by atoms with Crippen LogP contribution >= 0.6 is 0 Å². The fraction of sp³-hybridized carbons (Fsp3) is 0.895. The van der Waals surface area contributed by atoms with Crippen LogP contribution in [0.3, 0.4) is 0 Å². The quantitative estimate of drug-likeness (QED) is 0.582. The van der Waals surface area contributed by atoms with Crippen molar-refractivity contribution in [2.45, 2.75) is 57.4 Å². The monoisotopic (exact) mass is 349 g/mol. The van der Waals surface area contributed by atoms with Gasteiger partial charge in [0.05, 0.1) is 0 Å². The fourth-order valence-electron chi connectivity index (χ4n) is 4.41. The zero-order valence-electron chi connectivity index (χ0n) is 15.8. The molecule has 1 saturated carbocycles. The third kappa shape index (κ3) is 5.33. The van der Waals surface area contributed by atoms with E-state index in [2.05, 4.69) is 25.4 Å². The molecule has 6 heteroatoms. The minimum atomic E-state index is 0.292. The topological polar surface area (TPSA) is 60.0 Å². The Morgan fingerprint density at radius 3 is 2.52 bits per heavy atom. The summed E-state index contributed by atoms with van der Waals surface area (Å²) in [5.41, 5.74) is 0. The number of hydrogen-bond acceptors (Lipinski definition) is 3. The van der Waals surface area contributed by atoms with E-state index < -0.39 is 0 Å². The second-order valence-corrected chi connectivity index (χ2v) is 7.80. The lowest BCUT2D eigenvalue weighted by Crippen LogP contribution is -2.47. The Morgan fingerprint density at radius 1 is 1.04 bits per heavy atom. The highest BCUT2D eigenvalue weighted by molar-refractivity contribution is 5.81. The van der Waals surface area contributed by atoms with Gasteiger partial charge in [-0.15, -0.1) is 0 Å². The minimum Gasteiger partial charge on any atom is -0.355 e.